The molecule has 0 aliphatic carbocycles. The van der Waals surface area contributed by atoms with E-state index in [1.165, 1.54) is 189 Å². The van der Waals surface area contributed by atoms with Crippen molar-refractivity contribution in [3.8, 4) is 0 Å². The number of hydrogen-bond acceptors (Lipinski definition) is 3. The second kappa shape index (κ2) is 58.7. The average Bonchev–Trinajstić information content (AvgIpc) is 3.06. The van der Waals surface area contributed by atoms with Gasteiger partial charge in [0.05, 0.1) is 0 Å². The average molecular weight is 903 g/mol. The Balaban J connectivity index is -0.000000252. The molecule has 2 radical (unpaired) electrons. The SMILES string of the molecule is CCCCCCCCCCCCS.CCCCCCCCCCCCS.CCC[CH2][Sn](=[S])[CH2]CCC.CCC[CH2][Sn][CH2]CCC. The number of hydrogen-bond donors (Lipinski definition) is 2. The Morgan fingerprint density at radius 3 is 0.844 bits per heavy atom. The molecule has 0 saturated heterocycles. The van der Waals surface area contributed by atoms with Gasteiger partial charge in [0.25, 0.3) is 0 Å². The Bertz CT molecular complexity index is 405. The van der Waals surface area contributed by atoms with Gasteiger partial charge in [0, 0.05) is 0 Å². The van der Waals surface area contributed by atoms with E-state index in [9.17, 15) is 0 Å². The van der Waals surface area contributed by atoms with Gasteiger partial charge in [-0.25, -0.2) is 0 Å². The van der Waals surface area contributed by atoms with Gasteiger partial charge in [0.2, 0.25) is 0 Å². The molecular formula is C40H88S3Sn2. The van der Waals surface area contributed by atoms with Gasteiger partial charge < -0.3 is 0 Å². The monoisotopic (exact) mass is 904 g/mol. The van der Waals surface area contributed by atoms with Crippen molar-refractivity contribution in [3.63, 3.8) is 0 Å². The Hall–Kier alpha value is 2.52. The fourth-order valence-corrected chi connectivity index (χ4v) is 16.3. The third-order valence-corrected chi connectivity index (χ3v) is 20.7. The maximum atomic E-state index is 5.46. The third-order valence-electron chi connectivity index (χ3n) is 8.06. The van der Waals surface area contributed by atoms with E-state index in [4.69, 9.17) is 9.29 Å². The molecule has 0 aromatic heterocycles. The zero-order valence-corrected chi connectivity index (χ0v) is 40.7. The van der Waals surface area contributed by atoms with Crippen LogP contribution in [0.15, 0.2) is 0 Å². The summed E-state index contributed by atoms with van der Waals surface area (Å²) in [6.45, 7) is 13.6. The van der Waals surface area contributed by atoms with Crippen molar-refractivity contribution in [2.75, 3.05) is 11.5 Å². The first-order valence-corrected chi connectivity index (χ1v) is 33.7. The summed E-state index contributed by atoms with van der Waals surface area (Å²) in [5.41, 5.74) is 0. The zero-order chi connectivity index (χ0) is 34.3. The molecule has 0 heterocycles. The van der Waals surface area contributed by atoms with Crippen molar-refractivity contribution in [3.05, 3.63) is 0 Å². The van der Waals surface area contributed by atoms with E-state index >= 15 is 0 Å². The van der Waals surface area contributed by atoms with E-state index < -0.39 is 17.8 Å². The summed E-state index contributed by atoms with van der Waals surface area (Å²) in [6.07, 6.45) is 39.7. The fourth-order valence-electron chi connectivity index (χ4n) is 4.80. The van der Waals surface area contributed by atoms with Crippen LogP contribution >= 0.6 is 34.5 Å². The fraction of sp³-hybridized carbons (Fsp3) is 1.00. The van der Waals surface area contributed by atoms with Gasteiger partial charge in [0.1, 0.15) is 0 Å². The van der Waals surface area contributed by atoms with Crippen LogP contribution in [0.5, 0.6) is 0 Å². The van der Waals surface area contributed by atoms with Crippen LogP contribution in [0.3, 0.4) is 0 Å². The van der Waals surface area contributed by atoms with Gasteiger partial charge in [-0.05, 0) is 24.3 Å². The van der Waals surface area contributed by atoms with Crippen molar-refractivity contribution in [1.29, 1.82) is 0 Å². The zero-order valence-electron chi connectivity index (χ0n) is 32.3. The molecule has 0 bridgehead atoms. The van der Waals surface area contributed by atoms with Crippen LogP contribution in [0.2, 0.25) is 17.7 Å². The Kier molecular flexibility index (Phi) is 70.8. The van der Waals surface area contributed by atoms with Crippen LogP contribution in [0.1, 0.15) is 221 Å². The predicted molar refractivity (Wildman–Crippen MR) is 229 cm³/mol. The third kappa shape index (κ3) is 69.1. The first-order valence-electron chi connectivity index (χ1n) is 20.5. The van der Waals surface area contributed by atoms with Gasteiger partial charge in [-0.3, -0.25) is 0 Å². The van der Waals surface area contributed by atoms with Gasteiger partial charge >= 0.3 is 145 Å². The molecule has 0 rings (SSSR count). The van der Waals surface area contributed by atoms with Crippen LogP contribution < -0.4 is 0 Å². The topological polar surface area (TPSA) is 0 Å². The molecule has 0 aliphatic rings. The quantitative estimate of drug-likeness (QED) is 0.0385. The van der Waals surface area contributed by atoms with E-state index in [1.807, 2.05) is 0 Å². The number of thiol groups is 2. The molecule has 274 valence electrons. The Labute approximate surface area is 321 Å². The molecule has 0 aliphatic heterocycles. The second-order valence-electron chi connectivity index (χ2n) is 13.0. The molecule has 45 heavy (non-hydrogen) atoms. The summed E-state index contributed by atoms with van der Waals surface area (Å²) >= 11 is 7.40. The van der Waals surface area contributed by atoms with Crippen LogP contribution in [-0.2, 0) is 0 Å². The van der Waals surface area contributed by atoms with Gasteiger partial charge in [-0.15, -0.1) is 0 Å². The predicted octanol–water partition coefficient (Wildman–Crippen LogP) is 16.6. The van der Waals surface area contributed by atoms with Crippen molar-refractivity contribution in [2.45, 2.75) is 239 Å². The number of rotatable bonds is 32. The molecule has 0 atom stereocenters. The normalized spacial score (nSPS) is 10.3. The molecule has 0 aromatic carbocycles. The summed E-state index contributed by atoms with van der Waals surface area (Å²) in [6, 6.07) is 0. The van der Waals surface area contributed by atoms with Crippen LogP contribution in [0.25, 0.3) is 0 Å². The van der Waals surface area contributed by atoms with Crippen LogP contribution in [-0.4, -0.2) is 50.5 Å². The maximum absolute atomic E-state index is 5.46. The van der Waals surface area contributed by atoms with Crippen LogP contribution in [0, 0.1) is 0 Å². The molecule has 0 aromatic rings. The van der Waals surface area contributed by atoms with Crippen molar-refractivity contribution in [1.82, 2.24) is 0 Å². The van der Waals surface area contributed by atoms with Crippen molar-refractivity contribution < 1.29 is 0 Å². The van der Waals surface area contributed by atoms with Gasteiger partial charge in [0.15, 0.2) is 0 Å². The molecule has 0 amide bonds. The Morgan fingerprint density at radius 2 is 0.600 bits per heavy atom. The summed E-state index contributed by atoms with van der Waals surface area (Å²) in [4.78, 5) is 0. The van der Waals surface area contributed by atoms with Gasteiger partial charge in [-0.2, -0.15) is 25.3 Å². The molecule has 0 nitrogen and oxygen atoms in total. The molecule has 5 heteroatoms. The molecule has 0 saturated carbocycles. The Morgan fingerprint density at radius 1 is 0.356 bits per heavy atom. The standard InChI is InChI=1S/2C12H26S.4C4H9.S.2Sn/c2*1-2-3-4-5-6-7-8-9-10-11-12-13;4*1-3-4-2;;;/h2*13H,2-12H2,1H3;4*1,3-4H2,2H3;;;. The van der Waals surface area contributed by atoms with Crippen molar-refractivity contribution >= 4 is 73.5 Å². The summed E-state index contributed by atoms with van der Waals surface area (Å²) in [7, 11) is 5.46. The van der Waals surface area contributed by atoms with E-state index in [1.54, 1.807) is 8.87 Å². The number of unbranched alkanes of at least 4 members (excludes halogenated alkanes) is 22. The molecule has 0 unspecified atom stereocenters. The molecular weight excluding hydrogens is 814 g/mol. The van der Waals surface area contributed by atoms with E-state index in [0.717, 1.165) is 11.5 Å². The van der Waals surface area contributed by atoms with Crippen molar-refractivity contribution in [2.24, 2.45) is 0 Å². The summed E-state index contributed by atoms with van der Waals surface area (Å²) in [5.74, 6) is 2.13. The molecule has 0 N–H and O–H groups in total. The first kappa shape index (κ1) is 54.3. The van der Waals surface area contributed by atoms with E-state index in [-0.39, 0.29) is 21.1 Å². The summed E-state index contributed by atoms with van der Waals surface area (Å²) < 4.78 is 6.15. The van der Waals surface area contributed by atoms with E-state index in [2.05, 4.69) is 66.8 Å². The summed E-state index contributed by atoms with van der Waals surface area (Å²) in [5, 5.41) is 0. The minimum atomic E-state index is -1.16. The molecule has 0 fully saturated rings. The second-order valence-corrected chi connectivity index (χ2v) is 28.0. The van der Waals surface area contributed by atoms with Gasteiger partial charge in [-0.1, -0.05) is 129 Å². The first-order chi connectivity index (χ1) is 22.1. The molecule has 0 spiro atoms. The minimum absolute atomic E-state index is 0.149. The van der Waals surface area contributed by atoms with E-state index in [0.29, 0.717) is 0 Å². The van der Waals surface area contributed by atoms with Crippen LogP contribution in [0.4, 0.5) is 0 Å².